The number of benzene rings is 3. The summed E-state index contributed by atoms with van der Waals surface area (Å²) in [6.07, 6.45) is 3.47. The van der Waals surface area contributed by atoms with Crippen LogP contribution in [0.5, 0.6) is 5.75 Å². The number of hydrogen-bond acceptors (Lipinski definition) is 8. The van der Waals surface area contributed by atoms with Crippen molar-refractivity contribution >= 4 is 69.3 Å². The number of ether oxygens (including phenoxy) is 1. The van der Waals surface area contributed by atoms with Crippen LogP contribution in [-0.2, 0) is 9.59 Å². The number of aryl methyl sites for hydroxylation is 1. The normalized spacial score (nSPS) is 12.8. The van der Waals surface area contributed by atoms with Crippen LogP contribution >= 0.6 is 0 Å². The summed E-state index contributed by atoms with van der Waals surface area (Å²) in [5, 5.41) is 16.3. The summed E-state index contributed by atoms with van der Waals surface area (Å²) in [5.41, 5.74) is 5.70. The fourth-order valence-electron chi connectivity index (χ4n) is 6.52. The third-order valence-electron chi connectivity index (χ3n) is 9.47. The molecule has 0 saturated heterocycles. The Kier molecular flexibility index (Phi) is 11.9. The number of hydrogen-bond donors (Lipinski definition) is 5. The average molecular weight is 745 g/mol. The maximum Gasteiger partial charge on any atom is 0.323 e. The predicted molar refractivity (Wildman–Crippen MR) is 212 cm³/mol. The molecule has 0 spiro atoms. The second kappa shape index (κ2) is 17.1. The number of urea groups is 1. The molecule has 14 heteroatoms. The van der Waals surface area contributed by atoms with Gasteiger partial charge in [0.05, 0.1) is 22.9 Å². The maximum absolute atomic E-state index is 13.1. The number of esters is 1. The fraction of sp³-hybridized carbons (Fsp3) is 0.268. The average Bonchev–Trinajstić information content (AvgIpc) is 3.82. The van der Waals surface area contributed by atoms with Crippen LogP contribution in [0.4, 0.5) is 21.9 Å². The van der Waals surface area contributed by atoms with Crippen molar-refractivity contribution in [1.82, 2.24) is 25.0 Å². The molecule has 4 amide bonds. The van der Waals surface area contributed by atoms with Gasteiger partial charge in [-0.25, -0.2) is 9.48 Å². The van der Waals surface area contributed by atoms with Crippen molar-refractivity contribution in [2.45, 2.75) is 47.0 Å². The quantitative estimate of drug-likeness (QED) is 0.0479. The summed E-state index contributed by atoms with van der Waals surface area (Å²) in [6.45, 7) is 10.9. The number of carbonyl (C=O) groups is 5. The third kappa shape index (κ3) is 8.99. The lowest BCUT2D eigenvalue weighted by atomic mass is 10.0. The zero-order chi connectivity index (χ0) is 39.1. The van der Waals surface area contributed by atoms with Gasteiger partial charge in [-0.05, 0) is 93.5 Å². The van der Waals surface area contributed by atoms with E-state index in [1.54, 1.807) is 60.8 Å². The van der Waals surface area contributed by atoms with E-state index in [1.807, 2.05) is 32.0 Å². The Labute approximate surface area is 318 Å². The van der Waals surface area contributed by atoms with Crippen LogP contribution in [0.25, 0.3) is 22.6 Å². The first-order chi connectivity index (χ1) is 26.5. The van der Waals surface area contributed by atoms with Crippen molar-refractivity contribution in [3.05, 3.63) is 101 Å². The second-order valence-electron chi connectivity index (χ2n) is 13.2. The van der Waals surface area contributed by atoms with Crippen molar-refractivity contribution in [3.63, 3.8) is 0 Å². The largest absolute Gasteiger partial charge is 0.427 e. The molecule has 0 unspecified atom stereocenters. The number of fused-ring (bicyclic) bond motifs is 2. The molecular weight excluding hydrogens is 701 g/mol. The van der Waals surface area contributed by atoms with E-state index >= 15 is 0 Å². The molecule has 5 aromatic rings. The van der Waals surface area contributed by atoms with Crippen LogP contribution in [0.2, 0.25) is 0 Å². The molecule has 55 heavy (non-hydrogen) atoms. The molecule has 1 aliphatic rings. The molecule has 5 N–H and O–H groups in total. The Morgan fingerprint density at radius 3 is 2.45 bits per heavy atom. The van der Waals surface area contributed by atoms with E-state index in [4.69, 9.17) is 4.74 Å². The number of rotatable bonds is 14. The highest BCUT2D eigenvalue weighted by Crippen LogP contribution is 2.36. The molecule has 2 aromatic heterocycles. The van der Waals surface area contributed by atoms with Crippen LogP contribution in [0.3, 0.4) is 0 Å². The fourth-order valence-corrected chi connectivity index (χ4v) is 6.52. The van der Waals surface area contributed by atoms with E-state index in [-0.39, 0.29) is 42.7 Å². The Morgan fingerprint density at radius 2 is 1.69 bits per heavy atom. The molecule has 1 aliphatic heterocycles. The lowest BCUT2D eigenvalue weighted by Gasteiger charge is -2.18. The molecule has 0 bridgehead atoms. The van der Waals surface area contributed by atoms with E-state index in [9.17, 15) is 24.0 Å². The van der Waals surface area contributed by atoms with Crippen molar-refractivity contribution in [1.29, 1.82) is 0 Å². The minimum absolute atomic E-state index is 0.0262. The first-order valence-corrected chi connectivity index (χ1v) is 18.3. The highest BCUT2D eigenvalue weighted by molar-refractivity contribution is 6.35. The molecule has 284 valence electrons. The van der Waals surface area contributed by atoms with Crippen LogP contribution in [0.15, 0.2) is 72.9 Å². The van der Waals surface area contributed by atoms with Gasteiger partial charge in [0, 0.05) is 65.3 Å². The minimum atomic E-state index is -0.538. The van der Waals surface area contributed by atoms with Gasteiger partial charge >= 0.3 is 12.0 Å². The standard InChI is InChI=1S/C41H44N8O6/c1-5-48(6-2)20-19-42-40(53)38-25(3)34(44-26(38)4)23-32-31-22-30(17-18-33(31)47-39(32)52)55-37(51)14-10-13-36(50)49-35-21-29(16-15-27(35)24-43-49)46-41(54)45-28-11-8-7-9-12-28/h7-9,11-12,15-18,21-24,44H,5-6,10,13-14,19-20H2,1-4H3,(H,42,53)(H,47,52)(H2,45,46,54)/b32-23-. The Hall–Kier alpha value is -6.54. The molecule has 0 radical (unpaired) electrons. The SMILES string of the molecule is CCN(CC)CCNC(=O)c1c(C)[nH]c(/C=C2\C(=O)Nc3ccc(OC(=O)CCCC(=O)n4ncc5ccc(NC(=O)Nc6ccccc6)cc54)cc32)c1C. The zero-order valence-corrected chi connectivity index (χ0v) is 31.2. The second-order valence-corrected chi connectivity index (χ2v) is 13.2. The van der Waals surface area contributed by atoms with Crippen LogP contribution in [0.1, 0.15) is 70.8 Å². The molecule has 0 fully saturated rings. The summed E-state index contributed by atoms with van der Waals surface area (Å²) in [5.74, 6) is -1.11. The van der Waals surface area contributed by atoms with Crippen molar-refractivity contribution in [2.24, 2.45) is 0 Å². The molecule has 14 nitrogen and oxygen atoms in total. The van der Waals surface area contributed by atoms with Gasteiger partial charge in [0.25, 0.3) is 11.8 Å². The Balaban J connectivity index is 1.05. The molecule has 0 aliphatic carbocycles. The van der Waals surface area contributed by atoms with Gasteiger partial charge in [0.1, 0.15) is 5.75 Å². The van der Waals surface area contributed by atoms with Gasteiger partial charge in [-0.1, -0.05) is 32.0 Å². The number of likely N-dealkylation sites (N-methyl/N-ethyl adjacent to an activating group) is 1. The van der Waals surface area contributed by atoms with E-state index in [0.717, 1.165) is 25.2 Å². The molecule has 3 aromatic carbocycles. The van der Waals surface area contributed by atoms with E-state index < -0.39 is 12.0 Å². The van der Waals surface area contributed by atoms with E-state index in [1.165, 1.54) is 4.68 Å². The van der Waals surface area contributed by atoms with E-state index in [2.05, 4.69) is 50.1 Å². The van der Waals surface area contributed by atoms with E-state index in [0.29, 0.717) is 62.6 Å². The highest BCUT2D eigenvalue weighted by atomic mass is 16.5. The summed E-state index contributed by atoms with van der Waals surface area (Å²) >= 11 is 0. The maximum atomic E-state index is 13.1. The van der Waals surface area contributed by atoms with Crippen molar-refractivity contribution in [2.75, 3.05) is 42.1 Å². The van der Waals surface area contributed by atoms with Gasteiger partial charge < -0.3 is 35.9 Å². The van der Waals surface area contributed by atoms with Crippen LogP contribution in [0, 0.1) is 13.8 Å². The number of amides is 4. The minimum Gasteiger partial charge on any atom is -0.427 e. The number of nitrogens with one attached hydrogen (secondary N) is 5. The lowest BCUT2D eigenvalue weighted by molar-refractivity contribution is -0.134. The number of aromatic nitrogens is 3. The van der Waals surface area contributed by atoms with Crippen molar-refractivity contribution in [3.8, 4) is 5.75 Å². The third-order valence-corrected chi connectivity index (χ3v) is 9.47. The first kappa shape index (κ1) is 38.2. The molecule has 3 heterocycles. The van der Waals surface area contributed by atoms with Gasteiger partial charge in [-0.3, -0.25) is 19.2 Å². The summed E-state index contributed by atoms with van der Waals surface area (Å²) in [7, 11) is 0. The van der Waals surface area contributed by atoms with Gasteiger partial charge in [0.2, 0.25) is 5.91 Å². The summed E-state index contributed by atoms with van der Waals surface area (Å²) in [6, 6.07) is 18.6. The Bertz CT molecular complexity index is 2290. The number of aromatic amines is 1. The zero-order valence-electron chi connectivity index (χ0n) is 31.2. The number of para-hydroxylation sites is 1. The van der Waals surface area contributed by atoms with Gasteiger partial charge in [0.15, 0.2) is 0 Å². The number of nitrogens with zero attached hydrogens (tertiary/aromatic N) is 3. The van der Waals surface area contributed by atoms with Gasteiger partial charge in [-0.15, -0.1) is 0 Å². The molecule has 0 saturated carbocycles. The van der Waals surface area contributed by atoms with Gasteiger partial charge in [-0.2, -0.15) is 5.10 Å². The summed E-state index contributed by atoms with van der Waals surface area (Å²) in [4.78, 5) is 70.1. The number of H-pyrrole nitrogens is 1. The highest BCUT2D eigenvalue weighted by Gasteiger charge is 2.27. The van der Waals surface area contributed by atoms with Crippen LogP contribution in [-0.4, -0.2) is 75.6 Å². The Morgan fingerprint density at radius 1 is 0.927 bits per heavy atom. The van der Waals surface area contributed by atoms with Crippen LogP contribution < -0.4 is 26.0 Å². The smallest absolute Gasteiger partial charge is 0.323 e. The predicted octanol–water partition coefficient (Wildman–Crippen LogP) is 6.61. The summed E-state index contributed by atoms with van der Waals surface area (Å²) < 4.78 is 6.87. The monoisotopic (exact) mass is 744 g/mol. The van der Waals surface area contributed by atoms with Crippen molar-refractivity contribution < 1.29 is 28.7 Å². The number of anilines is 3. The lowest BCUT2D eigenvalue weighted by Crippen LogP contribution is -2.35. The molecule has 6 rings (SSSR count). The number of carbonyl (C=O) groups excluding carboxylic acids is 5. The topological polar surface area (TPSA) is 180 Å². The molecular formula is C41H44N8O6. The molecule has 0 atom stereocenters. The first-order valence-electron chi connectivity index (χ1n) is 18.3.